The third-order valence-corrected chi connectivity index (χ3v) is 5.00. The third-order valence-electron chi connectivity index (χ3n) is 4.26. The zero-order chi connectivity index (χ0) is 16.7. The van der Waals surface area contributed by atoms with Crippen LogP contribution < -0.4 is 0 Å². The van der Waals surface area contributed by atoms with Crippen LogP contribution >= 0.6 is 34.2 Å². The van der Waals surface area contributed by atoms with E-state index in [1.54, 1.807) is 6.33 Å². The molecule has 9 heteroatoms. The number of hydrogen-bond acceptors (Lipinski definition) is 6. The Balaban J connectivity index is 1.91. The summed E-state index contributed by atoms with van der Waals surface area (Å²) in [5, 5.41) is 0.327. The first-order valence-electron chi connectivity index (χ1n) is 7.23. The molecule has 0 aliphatic carbocycles. The number of halogens is 2. The molecular weight excluding hydrogens is 435 g/mol. The number of esters is 1. The van der Waals surface area contributed by atoms with Gasteiger partial charge in [-0.3, -0.25) is 9.36 Å². The molecule has 1 saturated heterocycles. The zero-order valence-electron chi connectivity index (χ0n) is 12.9. The minimum absolute atomic E-state index is 0.160. The second-order valence-corrected chi connectivity index (χ2v) is 7.02. The number of carbonyl (C=O) groups is 1. The first-order chi connectivity index (χ1) is 10.9. The quantitative estimate of drug-likeness (QED) is 0.310. The van der Waals surface area contributed by atoms with Crippen LogP contribution in [0.15, 0.2) is 6.33 Å². The van der Waals surface area contributed by atoms with Crippen LogP contribution in [0.2, 0.25) is 5.15 Å². The first-order valence-corrected chi connectivity index (χ1v) is 8.68. The van der Waals surface area contributed by atoms with E-state index >= 15 is 0 Å². The molecule has 0 amide bonds. The molecule has 1 aliphatic rings. The fourth-order valence-electron chi connectivity index (χ4n) is 2.78. The number of aromatic nitrogens is 4. The molecule has 4 atom stereocenters. The highest BCUT2D eigenvalue weighted by Crippen LogP contribution is 2.40. The van der Waals surface area contributed by atoms with Crippen molar-refractivity contribution in [1.82, 2.24) is 19.5 Å². The molecule has 0 radical (unpaired) electrons. The molecule has 0 spiro atoms. The second kappa shape index (κ2) is 6.48. The Hall–Kier alpha value is -1.000. The predicted octanol–water partition coefficient (Wildman–Crippen LogP) is 2.82. The van der Waals surface area contributed by atoms with Crippen LogP contribution in [0, 0.1) is 15.7 Å². The van der Waals surface area contributed by atoms with Crippen molar-refractivity contribution in [2.75, 3.05) is 6.61 Å². The Morgan fingerprint density at radius 2 is 2.17 bits per heavy atom. The Morgan fingerprint density at radius 1 is 1.43 bits per heavy atom. The minimum atomic E-state index is -0.306. The second-order valence-electron chi connectivity index (χ2n) is 5.69. The average Bonchev–Trinajstić information content (AvgIpc) is 3.00. The standard InChI is InChI=1S/C14H16ClIN4O3/c1-6-7(2)13(23-9(6)4-22-8(3)21)20-5-17-10-11(15)18-14(16)19-12(10)20/h5-7,9,13H,4H2,1-3H3/t6-,7+,9+,13+/m0/s1. The van der Waals surface area contributed by atoms with Crippen LogP contribution in [-0.4, -0.2) is 38.2 Å². The van der Waals surface area contributed by atoms with Gasteiger partial charge < -0.3 is 9.47 Å². The lowest BCUT2D eigenvalue weighted by Crippen LogP contribution is -2.23. The summed E-state index contributed by atoms with van der Waals surface area (Å²) in [4.78, 5) is 23.9. The summed E-state index contributed by atoms with van der Waals surface area (Å²) in [6.45, 7) is 5.83. The van der Waals surface area contributed by atoms with Gasteiger partial charge in [-0.1, -0.05) is 25.4 Å². The Labute approximate surface area is 151 Å². The summed E-state index contributed by atoms with van der Waals surface area (Å²) in [5.74, 6) is 0.131. The molecule has 1 aliphatic heterocycles. The van der Waals surface area contributed by atoms with Gasteiger partial charge in [0.25, 0.3) is 0 Å². The van der Waals surface area contributed by atoms with Crippen LogP contribution in [0.4, 0.5) is 0 Å². The van der Waals surface area contributed by atoms with Gasteiger partial charge in [0.1, 0.15) is 18.4 Å². The summed E-state index contributed by atoms with van der Waals surface area (Å²) < 4.78 is 13.6. The van der Waals surface area contributed by atoms with Crippen molar-refractivity contribution >= 4 is 51.3 Å². The van der Waals surface area contributed by atoms with Gasteiger partial charge in [-0.15, -0.1) is 0 Å². The van der Waals surface area contributed by atoms with Crippen LogP contribution in [0.3, 0.4) is 0 Å². The fourth-order valence-corrected chi connectivity index (χ4v) is 3.60. The lowest BCUT2D eigenvalue weighted by molar-refractivity contribution is -0.146. The number of nitrogens with zero attached hydrogens (tertiary/aromatic N) is 4. The van der Waals surface area contributed by atoms with Gasteiger partial charge in [0, 0.05) is 35.4 Å². The Kier molecular flexibility index (Phi) is 4.75. The molecule has 2 aromatic rings. The van der Waals surface area contributed by atoms with Gasteiger partial charge in [-0.2, -0.15) is 0 Å². The lowest BCUT2D eigenvalue weighted by atomic mass is 9.93. The topological polar surface area (TPSA) is 79.1 Å². The van der Waals surface area contributed by atoms with Gasteiger partial charge in [0.2, 0.25) is 0 Å². The number of hydrogen-bond donors (Lipinski definition) is 0. The summed E-state index contributed by atoms with van der Waals surface area (Å²) in [6.07, 6.45) is 1.27. The molecule has 0 bridgehead atoms. The molecule has 23 heavy (non-hydrogen) atoms. The van der Waals surface area contributed by atoms with Crippen molar-refractivity contribution in [3.05, 3.63) is 15.3 Å². The average molecular weight is 451 g/mol. The third kappa shape index (κ3) is 3.16. The predicted molar refractivity (Wildman–Crippen MR) is 91.9 cm³/mol. The molecule has 2 aromatic heterocycles. The molecule has 0 aromatic carbocycles. The Bertz CT molecular complexity index is 753. The van der Waals surface area contributed by atoms with E-state index in [1.807, 2.05) is 27.2 Å². The smallest absolute Gasteiger partial charge is 0.302 e. The highest BCUT2D eigenvalue weighted by Gasteiger charge is 2.41. The van der Waals surface area contributed by atoms with Crippen LogP contribution in [0.25, 0.3) is 11.2 Å². The summed E-state index contributed by atoms with van der Waals surface area (Å²) in [7, 11) is 0. The molecule has 3 rings (SSSR count). The van der Waals surface area contributed by atoms with Crippen molar-refractivity contribution in [1.29, 1.82) is 0 Å². The van der Waals surface area contributed by atoms with Crippen molar-refractivity contribution in [3.63, 3.8) is 0 Å². The number of imidazole rings is 1. The molecule has 124 valence electrons. The maximum absolute atomic E-state index is 11.0. The summed E-state index contributed by atoms with van der Waals surface area (Å²) >= 11 is 8.15. The van der Waals surface area contributed by atoms with E-state index in [9.17, 15) is 4.79 Å². The van der Waals surface area contributed by atoms with Crippen molar-refractivity contribution < 1.29 is 14.3 Å². The minimum Gasteiger partial charge on any atom is -0.463 e. The molecule has 1 fully saturated rings. The maximum atomic E-state index is 11.0. The van der Waals surface area contributed by atoms with Crippen molar-refractivity contribution in [3.8, 4) is 0 Å². The van der Waals surface area contributed by atoms with Gasteiger partial charge in [0.15, 0.2) is 14.6 Å². The molecule has 0 unspecified atom stereocenters. The van der Waals surface area contributed by atoms with Gasteiger partial charge >= 0.3 is 5.97 Å². The van der Waals surface area contributed by atoms with E-state index in [1.165, 1.54) is 6.92 Å². The van der Waals surface area contributed by atoms with Crippen LogP contribution in [-0.2, 0) is 14.3 Å². The normalized spacial score (nSPS) is 27.5. The van der Waals surface area contributed by atoms with E-state index in [4.69, 9.17) is 21.1 Å². The van der Waals surface area contributed by atoms with Crippen LogP contribution in [0.1, 0.15) is 27.0 Å². The van der Waals surface area contributed by atoms with E-state index in [0.717, 1.165) is 0 Å². The maximum Gasteiger partial charge on any atom is 0.302 e. The lowest BCUT2D eigenvalue weighted by Gasteiger charge is -2.18. The first kappa shape index (κ1) is 16.8. The number of fused-ring (bicyclic) bond motifs is 1. The molecule has 0 N–H and O–H groups in total. The van der Waals surface area contributed by atoms with E-state index in [0.29, 0.717) is 20.1 Å². The summed E-state index contributed by atoms with van der Waals surface area (Å²) in [6, 6.07) is 0. The highest BCUT2D eigenvalue weighted by molar-refractivity contribution is 14.1. The van der Waals surface area contributed by atoms with Gasteiger partial charge in [0.05, 0.1) is 12.4 Å². The van der Waals surface area contributed by atoms with E-state index < -0.39 is 0 Å². The highest BCUT2D eigenvalue weighted by atomic mass is 127. The molecule has 3 heterocycles. The largest absolute Gasteiger partial charge is 0.463 e. The van der Waals surface area contributed by atoms with Gasteiger partial charge in [-0.05, 0) is 5.92 Å². The van der Waals surface area contributed by atoms with Crippen molar-refractivity contribution in [2.45, 2.75) is 33.1 Å². The molecule has 7 nitrogen and oxygen atoms in total. The molecular formula is C14H16ClIN4O3. The SMILES string of the molecule is CC(=O)OC[C@H]1O[C@@H](n2cnc3c(Cl)nc(I)nc32)[C@H](C)[C@@H]1C. The van der Waals surface area contributed by atoms with Gasteiger partial charge in [-0.25, -0.2) is 15.0 Å². The fraction of sp³-hybridized carbons (Fsp3) is 0.571. The monoisotopic (exact) mass is 450 g/mol. The number of ether oxygens (including phenoxy) is 2. The molecule has 0 saturated carbocycles. The number of carbonyl (C=O) groups excluding carboxylic acids is 1. The number of rotatable bonds is 3. The summed E-state index contributed by atoms with van der Waals surface area (Å²) in [5.41, 5.74) is 1.20. The zero-order valence-corrected chi connectivity index (χ0v) is 15.8. The van der Waals surface area contributed by atoms with Crippen LogP contribution in [0.5, 0.6) is 0 Å². The Morgan fingerprint density at radius 3 is 2.87 bits per heavy atom. The van der Waals surface area contributed by atoms with E-state index in [-0.39, 0.29) is 36.7 Å². The van der Waals surface area contributed by atoms with E-state index in [2.05, 4.69) is 28.8 Å². The van der Waals surface area contributed by atoms with Crippen molar-refractivity contribution in [2.24, 2.45) is 11.8 Å².